The Morgan fingerprint density at radius 3 is 2.62 bits per heavy atom. The predicted octanol–water partition coefficient (Wildman–Crippen LogP) is 3.33. The van der Waals surface area contributed by atoms with Gasteiger partial charge in [-0.3, -0.25) is 9.79 Å². The normalized spacial score (nSPS) is 19.8. The number of nitrogens with zero attached hydrogens (tertiary/aromatic N) is 2. The minimum absolute atomic E-state index is 0. The first kappa shape index (κ1) is 26.9. The fraction of sp³-hybridized carbons (Fsp3) is 0.667. The highest BCUT2D eigenvalue weighted by atomic mass is 127. The van der Waals surface area contributed by atoms with E-state index in [0.29, 0.717) is 25.6 Å². The summed E-state index contributed by atoms with van der Waals surface area (Å²) < 4.78 is 11.9. The number of rotatable bonds is 9. The molecule has 1 aromatic rings. The van der Waals surface area contributed by atoms with Crippen LogP contribution in [0.4, 0.5) is 0 Å². The zero-order valence-corrected chi connectivity index (χ0v) is 21.6. The second kappa shape index (κ2) is 15.4. The number of halogens is 1. The van der Waals surface area contributed by atoms with Gasteiger partial charge in [0.15, 0.2) is 5.96 Å². The number of carbonyl (C=O) groups excluding carboxylic acids is 1. The molecule has 2 aliphatic heterocycles. The molecule has 0 aliphatic carbocycles. The Morgan fingerprint density at radius 2 is 1.94 bits per heavy atom. The van der Waals surface area contributed by atoms with Gasteiger partial charge in [0.05, 0.1) is 25.4 Å². The Balaban J connectivity index is 0.00000363. The van der Waals surface area contributed by atoms with Crippen molar-refractivity contribution >= 4 is 35.8 Å². The Kier molecular flexibility index (Phi) is 13.0. The summed E-state index contributed by atoms with van der Waals surface area (Å²) in [4.78, 5) is 19.1. The van der Waals surface area contributed by atoms with Crippen molar-refractivity contribution in [3.05, 3.63) is 35.9 Å². The van der Waals surface area contributed by atoms with Gasteiger partial charge in [-0.25, -0.2) is 0 Å². The van der Waals surface area contributed by atoms with Crippen LogP contribution in [0.1, 0.15) is 51.0 Å². The minimum Gasteiger partial charge on any atom is -0.376 e. The number of guanidine groups is 1. The second-order valence-electron chi connectivity index (χ2n) is 8.26. The number of nitrogens with one attached hydrogen (secondary N) is 2. The van der Waals surface area contributed by atoms with E-state index in [1.165, 1.54) is 12.8 Å². The van der Waals surface area contributed by atoms with Gasteiger partial charge in [0.2, 0.25) is 5.91 Å². The highest BCUT2D eigenvalue weighted by molar-refractivity contribution is 14.0. The van der Waals surface area contributed by atoms with Crippen LogP contribution < -0.4 is 10.6 Å². The molecule has 1 aromatic carbocycles. The Bertz CT molecular complexity index is 675. The van der Waals surface area contributed by atoms with Crippen LogP contribution in [0.15, 0.2) is 35.3 Å². The van der Waals surface area contributed by atoms with E-state index >= 15 is 0 Å². The molecule has 0 spiro atoms. The topological polar surface area (TPSA) is 75.2 Å². The molecule has 0 radical (unpaired) electrons. The highest BCUT2D eigenvalue weighted by Gasteiger charge is 2.23. The van der Waals surface area contributed by atoms with Gasteiger partial charge < -0.3 is 25.0 Å². The van der Waals surface area contributed by atoms with Crippen molar-refractivity contribution in [3.8, 4) is 0 Å². The van der Waals surface area contributed by atoms with Crippen LogP contribution in [-0.2, 0) is 20.8 Å². The maximum atomic E-state index is 12.1. The van der Waals surface area contributed by atoms with Gasteiger partial charge >= 0.3 is 0 Å². The third-order valence-electron chi connectivity index (χ3n) is 5.80. The molecule has 7 nitrogen and oxygen atoms in total. The molecule has 3 rings (SSSR count). The van der Waals surface area contributed by atoms with Crippen molar-refractivity contribution in [1.29, 1.82) is 0 Å². The van der Waals surface area contributed by atoms with E-state index in [-0.39, 0.29) is 36.0 Å². The van der Waals surface area contributed by atoms with Gasteiger partial charge in [-0.15, -0.1) is 24.0 Å². The summed E-state index contributed by atoms with van der Waals surface area (Å²) >= 11 is 0. The molecular weight excluding hydrogens is 519 g/mol. The van der Waals surface area contributed by atoms with E-state index in [4.69, 9.17) is 9.47 Å². The van der Waals surface area contributed by atoms with E-state index in [9.17, 15) is 4.79 Å². The van der Waals surface area contributed by atoms with Crippen LogP contribution in [0.25, 0.3) is 0 Å². The first-order valence-electron chi connectivity index (χ1n) is 11.8. The van der Waals surface area contributed by atoms with Crippen LogP contribution >= 0.6 is 24.0 Å². The summed E-state index contributed by atoms with van der Waals surface area (Å²) in [6.07, 6.45) is 6.50. The Labute approximate surface area is 209 Å². The van der Waals surface area contributed by atoms with Crippen LogP contribution in [-0.4, -0.2) is 68.4 Å². The molecule has 1 unspecified atom stereocenters. The number of piperidine rings is 1. The van der Waals surface area contributed by atoms with E-state index in [0.717, 1.165) is 63.6 Å². The van der Waals surface area contributed by atoms with Crippen LogP contribution in [0.5, 0.6) is 0 Å². The average Bonchev–Trinajstić information content (AvgIpc) is 2.82. The Hall–Kier alpha value is -1.39. The van der Waals surface area contributed by atoms with Crippen molar-refractivity contribution < 1.29 is 14.3 Å². The maximum absolute atomic E-state index is 12.1. The first-order chi connectivity index (χ1) is 15.2. The summed E-state index contributed by atoms with van der Waals surface area (Å²) in [7, 11) is 0. The van der Waals surface area contributed by atoms with Crippen LogP contribution in [0, 0.1) is 0 Å². The third-order valence-corrected chi connectivity index (χ3v) is 5.80. The fourth-order valence-electron chi connectivity index (χ4n) is 3.99. The lowest BCUT2D eigenvalue weighted by atomic mass is 10.1. The van der Waals surface area contributed by atoms with Gasteiger partial charge in [0.25, 0.3) is 0 Å². The number of amides is 1. The molecule has 2 fully saturated rings. The minimum atomic E-state index is 0. The molecule has 2 heterocycles. The van der Waals surface area contributed by atoms with Crippen LogP contribution in [0.2, 0.25) is 0 Å². The molecule has 2 N–H and O–H groups in total. The quantitative estimate of drug-likeness (QED) is 0.277. The lowest BCUT2D eigenvalue weighted by molar-refractivity contribution is -0.121. The van der Waals surface area contributed by atoms with Crippen molar-refractivity contribution in [3.63, 3.8) is 0 Å². The lowest BCUT2D eigenvalue weighted by Crippen LogP contribution is -2.47. The smallest absolute Gasteiger partial charge is 0.222 e. The van der Waals surface area contributed by atoms with Gasteiger partial charge in [-0.05, 0) is 44.6 Å². The summed E-state index contributed by atoms with van der Waals surface area (Å²) in [5, 5.41) is 6.33. The molecule has 0 aromatic heterocycles. The SMILES string of the molecule is CCNC(=NCCC(=O)NCc1ccccc1)N1CCC(OCC2CCCCO2)CC1.I. The summed E-state index contributed by atoms with van der Waals surface area (Å²) in [5.74, 6) is 0.924. The highest BCUT2D eigenvalue weighted by Crippen LogP contribution is 2.18. The molecule has 180 valence electrons. The average molecular weight is 559 g/mol. The van der Waals surface area contributed by atoms with Crippen molar-refractivity contribution in [1.82, 2.24) is 15.5 Å². The van der Waals surface area contributed by atoms with Gasteiger partial charge in [0.1, 0.15) is 0 Å². The number of hydrogen-bond donors (Lipinski definition) is 2. The summed E-state index contributed by atoms with van der Waals surface area (Å²) in [5.41, 5.74) is 1.10. The first-order valence-corrected chi connectivity index (χ1v) is 11.8. The fourth-order valence-corrected chi connectivity index (χ4v) is 3.99. The van der Waals surface area contributed by atoms with Crippen molar-refractivity contribution in [2.45, 2.75) is 64.2 Å². The van der Waals surface area contributed by atoms with E-state index < -0.39 is 0 Å². The molecule has 0 saturated carbocycles. The number of aliphatic imine (C=N–C) groups is 1. The zero-order chi connectivity index (χ0) is 21.7. The van der Waals surface area contributed by atoms with E-state index in [1.807, 2.05) is 30.3 Å². The molecule has 1 atom stereocenters. The molecule has 2 saturated heterocycles. The summed E-state index contributed by atoms with van der Waals surface area (Å²) in [6.45, 7) is 7.36. The standard InChI is InChI=1S/C24H38N4O3.HI/c1-2-25-24(26-14-11-23(29)27-18-20-8-4-3-5-9-20)28-15-12-21(13-16-28)31-19-22-10-6-7-17-30-22;/h3-5,8-9,21-22H,2,6-7,10-19H2,1H3,(H,25,26)(H,27,29);1H. The zero-order valence-electron chi connectivity index (χ0n) is 19.3. The second-order valence-corrected chi connectivity index (χ2v) is 8.26. The molecule has 2 aliphatic rings. The van der Waals surface area contributed by atoms with Crippen molar-refractivity contribution in [2.75, 3.05) is 39.4 Å². The van der Waals surface area contributed by atoms with Gasteiger partial charge in [0, 0.05) is 39.2 Å². The largest absolute Gasteiger partial charge is 0.376 e. The molecule has 1 amide bonds. The van der Waals surface area contributed by atoms with E-state index in [2.05, 4.69) is 27.4 Å². The number of benzene rings is 1. The van der Waals surface area contributed by atoms with Gasteiger partial charge in [-0.1, -0.05) is 30.3 Å². The number of hydrogen-bond acceptors (Lipinski definition) is 4. The van der Waals surface area contributed by atoms with Gasteiger partial charge in [-0.2, -0.15) is 0 Å². The molecule has 0 bridgehead atoms. The Morgan fingerprint density at radius 1 is 1.16 bits per heavy atom. The molecule has 32 heavy (non-hydrogen) atoms. The molecular formula is C24H39IN4O3. The predicted molar refractivity (Wildman–Crippen MR) is 138 cm³/mol. The number of carbonyl (C=O) groups is 1. The maximum Gasteiger partial charge on any atom is 0.222 e. The van der Waals surface area contributed by atoms with E-state index in [1.54, 1.807) is 0 Å². The van der Waals surface area contributed by atoms with Crippen molar-refractivity contribution in [2.24, 2.45) is 4.99 Å². The number of likely N-dealkylation sites (tertiary alicyclic amines) is 1. The van der Waals surface area contributed by atoms with Crippen LogP contribution in [0.3, 0.4) is 0 Å². The monoisotopic (exact) mass is 558 g/mol. The summed E-state index contributed by atoms with van der Waals surface area (Å²) in [6, 6.07) is 9.95. The third kappa shape index (κ3) is 9.62. The molecule has 8 heteroatoms. The lowest BCUT2D eigenvalue weighted by Gasteiger charge is -2.35. The number of ether oxygens (including phenoxy) is 2.